The highest BCUT2D eigenvalue weighted by Crippen LogP contribution is 2.29. The molecule has 2 rings (SSSR count). The molecular formula is C13H11BBr2N2O3. The number of para-hydroxylation sites is 1. The first-order valence-electron chi connectivity index (χ1n) is 5.95. The molecule has 0 fully saturated rings. The van der Waals surface area contributed by atoms with E-state index in [1.165, 1.54) is 24.3 Å². The zero-order chi connectivity index (χ0) is 15.4. The van der Waals surface area contributed by atoms with Crippen LogP contribution in [0.5, 0.6) is 0 Å². The zero-order valence-corrected chi connectivity index (χ0v) is 13.8. The summed E-state index contributed by atoms with van der Waals surface area (Å²) in [6.07, 6.45) is 0. The van der Waals surface area contributed by atoms with Crippen molar-refractivity contribution in [1.82, 2.24) is 5.43 Å². The molecule has 4 N–H and O–H groups in total. The summed E-state index contributed by atoms with van der Waals surface area (Å²) in [7, 11) is -1.54. The Bertz CT molecular complexity index is 630. The molecule has 0 radical (unpaired) electrons. The van der Waals surface area contributed by atoms with Gasteiger partial charge in [0, 0.05) is 14.5 Å². The Hall–Kier alpha value is -1.35. The van der Waals surface area contributed by atoms with Gasteiger partial charge < -0.3 is 10.0 Å². The van der Waals surface area contributed by atoms with Crippen molar-refractivity contribution < 1.29 is 14.8 Å². The fraction of sp³-hybridized carbons (Fsp3) is 0. The van der Waals surface area contributed by atoms with E-state index < -0.39 is 7.12 Å². The zero-order valence-electron chi connectivity index (χ0n) is 10.7. The molecular weight excluding hydrogens is 403 g/mol. The first-order valence-corrected chi connectivity index (χ1v) is 7.54. The molecule has 0 saturated carbocycles. The van der Waals surface area contributed by atoms with Crippen molar-refractivity contribution in [2.45, 2.75) is 0 Å². The van der Waals surface area contributed by atoms with Crippen LogP contribution in [0.1, 0.15) is 10.4 Å². The summed E-state index contributed by atoms with van der Waals surface area (Å²) in [6, 6.07) is 11.5. The third kappa shape index (κ3) is 4.07. The molecule has 0 atom stereocenters. The van der Waals surface area contributed by atoms with Crippen LogP contribution in [0.15, 0.2) is 51.4 Å². The van der Waals surface area contributed by atoms with E-state index in [1.54, 1.807) is 0 Å². The molecule has 2 aromatic carbocycles. The number of hydrogen-bond donors (Lipinski definition) is 4. The first-order chi connectivity index (χ1) is 9.99. The number of halogens is 2. The van der Waals surface area contributed by atoms with Crippen LogP contribution in [-0.2, 0) is 0 Å². The van der Waals surface area contributed by atoms with Gasteiger partial charge in [0.05, 0.1) is 5.69 Å². The van der Waals surface area contributed by atoms with Crippen molar-refractivity contribution in [3.05, 3.63) is 57.0 Å². The van der Waals surface area contributed by atoms with Crippen LogP contribution in [0.25, 0.3) is 0 Å². The van der Waals surface area contributed by atoms with Gasteiger partial charge in [-0.3, -0.25) is 15.6 Å². The SMILES string of the molecule is O=C(NNc1c(Br)cccc1Br)c1ccc(B(O)O)cc1. The first kappa shape index (κ1) is 16.0. The average Bonchev–Trinajstić information content (AvgIpc) is 2.46. The van der Waals surface area contributed by atoms with Crippen LogP contribution in [0, 0.1) is 0 Å². The Morgan fingerprint density at radius 1 is 1.00 bits per heavy atom. The predicted molar refractivity (Wildman–Crippen MR) is 89.2 cm³/mol. The highest BCUT2D eigenvalue weighted by Gasteiger charge is 2.12. The van der Waals surface area contributed by atoms with Crippen molar-refractivity contribution in [1.29, 1.82) is 0 Å². The van der Waals surface area contributed by atoms with Crippen molar-refractivity contribution in [2.24, 2.45) is 0 Å². The van der Waals surface area contributed by atoms with Gasteiger partial charge in [0.15, 0.2) is 0 Å². The van der Waals surface area contributed by atoms with Gasteiger partial charge in [-0.15, -0.1) is 0 Å². The van der Waals surface area contributed by atoms with Gasteiger partial charge in [0.2, 0.25) is 0 Å². The van der Waals surface area contributed by atoms with Gasteiger partial charge in [-0.1, -0.05) is 18.2 Å². The number of nitrogens with one attached hydrogen (secondary N) is 2. The van der Waals surface area contributed by atoms with Crippen LogP contribution in [-0.4, -0.2) is 23.1 Å². The van der Waals surface area contributed by atoms with E-state index in [-0.39, 0.29) is 5.91 Å². The second kappa shape index (κ2) is 7.08. The maximum atomic E-state index is 12.0. The van der Waals surface area contributed by atoms with E-state index in [9.17, 15) is 4.79 Å². The molecule has 8 heteroatoms. The number of carbonyl (C=O) groups is 1. The third-order valence-electron chi connectivity index (χ3n) is 2.73. The lowest BCUT2D eigenvalue weighted by molar-refractivity contribution is 0.0962. The molecule has 0 heterocycles. The summed E-state index contributed by atoms with van der Waals surface area (Å²) in [5.74, 6) is -0.336. The third-order valence-corrected chi connectivity index (χ3v) is 4.06. The Morgan fingerprint density at radius 3 is 2.10 bits per heavy atom. The Labute approximate surface area is 138 Å². The van der Waals surface area contributed by atoms with Gasteiger partial charge in [-0.25, -0.2) is 0 Å². The van der Waals surface area contributed by atoms with Crippen LogP contribution >= 0.6 is 31.9 Å². The molecule has 1 amide bonds. The molecule has 0 aromatic heterocycles. The maximum Gasteiger partial charge on any atom is 0.488 e. The van der Waals surface area contributed by atoms with Gasteiger partial charge in [0.25, 0.3) is 5.91 Å². The number of carbonyl (C=O) groups excluding carboxylic acids is 1. The summed E-state index contributed by atoms with van der Waals surface area (Å²) >= 11 is 6.76. The molecule has 0 aliphatic heterocycles. The standard InChI is InChI=1S/C13H11BBr2N2O3/c15-10-2-1-3-11(16)12(10)17-18-13(19)8-4-6-9(7-5-8)14(20)21/h1-7,17,20-21H,(H,18,19). The number of anilines is 1. The highest BCUT2D eigenvalue weighted by molar-refractivity contribution is 9.11. The van der Waals surface area contributed by atoms with Gasteiger partial charge >= 0.3 is 7.12 Å². The van der Waals surface area contributed by atoms with E-state index in [0.717, 1.165) is 8.95 Å². The Morgan fingerprint density at radius 2 is 1.57 bits per heavy atom. The molecule has 0 bridgehead atoms. The fourth-order valence-corrected chi connectivity index (χ4v) is 2.81. The Kier molecular flexibility index (Phi) is 5.41. The quantitative estimate of drug-likeness (QED) is 0.454. The molecule has 21 heavy (non-hydrogen) atoms. The monoisotopic (exact) mass is 412 g/mol. The van der Waals surface area contributed by atoms with E-state index in [4.69, 9.17) is 10.0 Å². The minimum atomic E-state index is -1.54. The van der Waals surface area contributed by atoms with Gasteiger partial charge in [0.1, 0.15) is 0 Å². The smallest absolute Gasteiger partial charge is 0.423 e. The lowest BCUT2D eigenvalue weighted by Gasteiger charge is -2.12. The number of benzene rings is 2. The number of rotatable bonds is 4. The lowest BCUT2D eigenvalue weighted by atomic mass is 9.80. The maximum absolute atomic E-state index is 12.0. The summed E-state index contributed by atoms with van der Waals surface area (Å²) in [5, 5.41) is 18.0. The van der Waals surface area contributed by atoms with Crippen molar-refractivity contribution in [3.8, 4) is 0 Å². The lowest BCUT2D eigenvalue weighted by Crippen LogP contribution is -2.32. The minimum Gasteiger partial charge on any atom is -0.423 e. The second-order valence-electron chi connectivity index (χ2n) is 4.17. The molecule has 0 aliphatic carbocycles. The van der Waals surface area contributed by atoms with Crippen LogP contribution in [0.2, 0.25) is 0 Å². The van der Waals surface area contributed by atoms with Crippen molar-refractivity contribution >= 4 is 56.0 Å². The molecule has 2 aromatic rings. The minimum absolute atomic E-state index is 0.327. The number of hydrazine groups is 1. The normalized spacial score (nSPS) is 10.1. The fourth-order valence-electron chi connectivity index (χ4n) is 1.62. The van der Waals surface area contributed by atoms with Gasteiger partial charge in [-0.2, -0.15) is 0 Å². The predicted octanol–water partition coefficient (Wildman–Crippen LogP) is 1.65. The molecule has 5 nitrogen and oxygen atoms in total. The van der Waals surface area contributed by atoms with Crippen LogP contribution < -0.4 is 16.3 Å². The molecule has 0 spiro atoms. The molecule has 108 valence electrons. The number of hydrogen-bond acceptors (Lipinski definition) is 4. The summed E-state index contributed by atoms with van der Waals surface area (Å²) in [4.78, 5) is 12.0. The number of amides is 1. The van der Waals surface area contributed by atoms with Crippen molar-refractivity contribution in [2.75, 3.05) is 5.43 Å². The topological polar surface area (TPSA) is 81.6 Å². The molecule has 0 saturated heterocycles. The molecule has 0 aliphatic rings. The van der Waals surface area contributed by atoms with Crippen molar-refractivity contribution in [3.63, 3.8) is 0 Å². The van der Waals surface area contributed by atoms with Gasteiger partial charge in [-0.05, 0) is 61.6 Å². The van der Waals surface area contributed by atoms with E-state index >= 15 is 0 Å². The van der Waals surface area contributed by atoms with E-state index in [1.807, 2.05) is 18.2 Å². The van der Waals surface area contributed by atoms with E-state index in [0.29, 0.717) is 16.7 Å². The molecule has 0 unspecified atom stereocenters. The average molecular weight is 414 g/mol. The van der Waals surface area contributed by atoms with Crippen LogP contribution in [0.4, 0.5) is 5.69 Å². The largest absolute Gasteiger partial charge is 0.488 e. The summed E-state index contributed by atoms with van der Waals surface area (Å²) in [6.45, 7) is 0. The van der Waals surface area contributed by atoms with Crippen LogP contribution in [0.3, 0.4) is 0 Å². The summed E-state index contributed by atoms with van der Waals surface area (Å²) < 4.78 is 1.60. The second-order valence-corrected chi connectivity index (χ2v) is 5.88. The summed E-state index contributed by atoms with van der Waals surface area (Å²) in [5.41, 5.74) is 6.82. The highest BCUT2D eigenvalue weighted by atomic mass is 79.9. The Balaban J connectivity index is 2.05. The van der Waals surface area contributed by atoms with E-state index in [2.05, 4.69) is 42.7 Å².